The van der Waals surface area contributed by atoms with Gasteiger partial charge in [0.25, 0.3) is 5.91 Å². The molecule has 156 valence electrons. The molecule has 0 aliphatic carbocycles. The zero-order valence-electron chi connectivity index (χ0n) is 17.7. The van der Waals surface area contributed by atoms with Crippen molar-refractivity contribution >= 4 is 28.6 Å². The maximum atomic E-state index is 12.7. The van der Waals surface area contributed by atoms with Gasteiger partial charge in [-0.3, -0.25) is 4.79 Å². The molecule has 6 nitrogen and oxygen atoms in total. The Labute approximate surface area is 181 Å². The minimum absolute atomic E-state index is 0.327. The third-order valence-corrected chi connectivity index (χ3v) is 5.10. The molecule has 1 heterocycles. The highest BCUT2D eigenvalue weighted by Crippen LogP contribution is 2.26. The highest BCUT2D eigenvalue weighted by atomic mass is 16.5. The number of anilines is 1. The minimum Gasteiger partial charge on any atom is -0.496 e. The van der Waals surface area contributed by atoms with Gasteiger partial charge in [0.1, 0.15) is 5.75 Å². The van der Waals surface area contributed by atoms with Crippen molar-refractivity contribution in [2.45, 2.75) is 0 Å². The second kappa shape index (κ2) is 8.75. The number of nitrogens with one attached hydrogen (secondary N) is 1. The lowest BCUT2D eigenvalue weighted by atomic mass is 10.1. The summed E-state index contributed by atoms with van der Waals surface area (Å²) in [7, 11) is 5.57. The van der Waals surface area contributed by atoms with E-state index in [1.165, 1.54) is 0 Å². The zero-order valence-corrected chi connectivity index (χ0v) is 17.7. The molecule has 1 amide bonds. The number of ether oxygens (including phenoxy) is 1. The fourth-order valence-electron chi connectivity index (χ4n) is 3.43. The number of carbonyl (C=O) groups is 1. The van der Waals surface area contributed by atoms with Crippen molar-refractivity contribution in [3.63, 3.8) is 0 Å². The quantitative estimate of drug-likeness (QED) is 0.376. The number of amides is 1. The molecule has 1 N–H and O–H groups in total. The molecule has 4 rings (SSSR count). The highest BCUT2D eigenvalue weighted by molar-refractivity contribution is 6.01. The summed E-state index contributed by atoms with van der Waals surface area (Å²) in [6, 6.07) is 23.6. The van der Waals surface area contributed by atoms with E-state index in [4.69, 9.17) is 4.74 Å². The maximum absolute atomic E-state index is 12.7. The van der Waals surface area contributed by atoms with Gasteiger partial charge in [0.05, 0.1) is 24.6 Å². The van der Waals surface area contributed by atoms with Crippen LogP contribution in [0.15, 0.2) is 84.1 Å². The van der Waals surface area contributed by atoms with Crippen LogP contribution in [0.5, 0.6) is 5.75 Å². The van der Waals surface area contributed by atoms with Gasteiger partial charge in [-0.2, -0.15) is 5.10 Å². The third kappa shape index (κ3) is 4.28. The summed E-state index contributed by atoms with van der Waals surface area (Å²) in [5.41, 5.74) is 6.04. The Morgan fingerprint density at radius 3 is 2.39 bits per heavy atom. The van der Waals surface area contributed by atoms with E-state index in [1.807, 2.05) is 85.5 Å². The average molecular weight is 412 g/mol. The van der Waals surface area contributed by atoms with Gasteiger partial charge in [-0.25, -0.2) is 5.43 Å². The molecule has 4 aromatic rings. The molecule has 31 heavy (non-hydrogen) atoms. The molecule has 0 saturated carbocycles. The minimum atomic E-state index is -0.327. The number of rotatable bonds is 6. The van der Waals surface area contributed by atoms with Crippen molar-refractivity contribution in [3.8, 4) is 11.4 Å². The topological polar surface area (TPSA) is 58.9 Å². The molecule has 0 spiro atoms. The summed E-state index contributed by atoms with van der Waals surface area (Å²) in [6.07, 6.45) is 3.59. The first-order valence-corrected chi connectivity index (χ1v) is 9.92. The molecule has 0 aliphatic heterocycles. The summed E-state index contributed by atoms with van der Waals surface area (Å²) in [4.78, 5) is 14.8. The molecule has 0 aliphatic rings. The molecule has 0 atom stereocenters. The highest BCUT2D eigenvalue weighted by Gasteiger charge is 2.13. The number of benzene rings is 3. The number of methoxy groups -OCH3 is 1. The Balaban J connectivity index is 1.53. The van der Waals surface area contributed by atoms with Crippen LogP contribution in [0.4, 0.5) is 5.69 Å². The van der Waals surface area contributed by atoms with Gasteiger partial charge >= 0.3 is 0 Å². The summed E-state index contributed by atoms with van der Waals surface area (Å²) in [5.74, 6) is 0.183. The number of aromatic nitrogens is 1. The van der Waals surface area contributed by atoms with Gasteiger partial charge < -0.3 is 14.2 Å². The Bertz CT molecular complexity index is 1240. The van der Waals surface area contributed by atoms with Crippen molar-refractivity contribution in [2.75, 3.05) is 26.1 Å². The summed E-state index contributed by atoms with van der Waals surface area (Å²) >= 11 is 0. The summed E-state index contributed by atoms with van der Waals surface area (Å²) in [6.45, 7) is 0. The fraction of sp³-hybridized carbons (Fsp3) is 0.120. The molecular formula is C25H24N4O2. The predicted molar refractivity (Wildman–Crippen MR) is 126 cm³/mol. The first-order valence-electron chi connectivity index (χ1n) is 9.92. The maximum Gasteiger partial charge on any atom is 0.275 e. The third-order valence-electron chi connectivity index (χ3n) is 5.10. The Hall–Kier alpha value is -4.06. The molecule has 0 radical (unpaired) electrons. The van der Waals surface area contributed by atoms with E-state index in [0.717, 1.165) is 27.8 Å². The fourth-order valence-corrected chi connectivity index (χ4v) is 3.43. The molecule has 0 saturated heterocycles. The predicted octanol–water partition coefficient (Wildman–Crippen LogP) is 4.47. The Kier molecular flexibility index (Phi) is 5.71. The summed E-state index contributed by atoms with van der Waals surface area (Å²) in [5, 5.41) is 6.15. The molecular weight excluding hydrogens is 388 g/mol. The second-order valence-electron chi connectivity index (χ2n) is 7.31. The molecule has 0 fully saturated rings. The van der Waals surface area contributed by atoms with Crippen molar-refractivity contribution in [3.05, 3.63) is 90.3 Å². The lowest BCUT2D eigenvalue weighted by Gasteiger charge is -2.13. The van der Waals surface area contributed by atoms with Crippen molar-refractivity contribution in [1.29, 1.82) is 0 Å². The number of hydrazone groups is 1. The smallest absolute Gasteiger partial charge is 0.275 e. The van der Waals surface area contributed by atoms with E-state index in [1.54, 1.807) is 13.3 Å². The first-order chi connectivity index (χ1) is 15.1. The van der Waals surface area contributed by atoms with Crippen LogP contribution in [0.3, 0.4) is 0 Å². The van der Waals surface area contributed by atoms with Crippen LogP contribution in [-0.4, -0.2) is 37.9 Å². The van der Waals surface area contributed by atoms with Crippen LogP contribution >= 0.6 is 0 Å². The van der Waals surface area contributed by atoms with E-state index in [-0.39, 0.29) is 5.91 Å². The SMILES string of the molecule is COc1cc2ccccc2cc1C(=O)N/N=C\c1cccn1-c1ccc(N(C)C)cc1. The number of hydrogen-bond donors (Lipinski definition) is 1. The van der Waals surface area contributed by atoms with E-state index in [0.29, 0.717) is 11.3 Å². The van der Waals surface area contributed by atoms with Gasteiger partial charge in [-0.15, -0.1) is 0 Å². The van der Waals surface area contributed by atoms with Crippen molar-refractivity contribution in [1.82, 2.24) is 9.99 Å². The summed E-state index contributed by atoms with van der Waals surface area (Å²) < 4.78 is 7.42. The van der Waals surface area contributed by atoms with E-state index >= 15 is 0 Å². The monoisotopic (exact) mass is 412 g/mol. The van der Waals surface area contributed by atoms with Crippen LogP contribution in [0.1, 0.15) is 16.1 Å². The van der Waals surface area contributed by atoms with Gasteiger partial charge in [0.15, 0.2) is 0 Å². The standard InChI is InChI=1S/C25H24N4O2/c1-28(2)20-10-12-21(13-11-20)29-14-6-9-22(29)17-26-27-25(30)23-15-18-7-4-5-8-19(18)16-24(23)31-3/h4-17H,1-3H3,(H,27,30)/b26-17-. The van der Waals surface area contributed by atoms with Crippen LogP contribution in [0.2, 0.25) is 0 Å². The van der Waals surface area contributed by atoms with Gasteiger partial charge in [0.2, 0.25) is 0 Å². The van der Waals surface area contributed by atoms with E-state index in [2.05, 4.69) is 27.6 Å². The van der Waals surface area contributed by atoms with Crippen LogP contribution in [0, 0.1) is 0 Å². The lowest BCUT2D eigenvalue weighted by molar-refractivity contribution is 0.0952. The molecule has 0 unspecified atom stereocenters. The van der Waals surface area contributed by atoms with E-state index in [9.17, 15) is 4.79 Å². The average Bonchev–Trinajstić information content (AvgIpc) is 3.26. The van der Waals surface area contributed by atoms with Crippen LogP contribution in [-0.2, 0) is 0 Å². The Morgan fingerprint density at radius 1 is 1.00 bits per heavy atom. The largest absolute Gasteiger partial charge is 0.496 e. The van der Waals surface area contributed by atoms with Gasteiger partial charge in [0, 0.05) is 31.7 Å². The molecule has 6 heteroatoms. The van der Waals surface area contributed by atoms with Crippen LogP contribution in [0.25, 0.3) is 16.5 Å². The number of nitrogens with zero attached hydrogens (tertiary/aromatic N) is 3. The van der Waals surface area contributed by atoms with Crippen molar-refractivity contribution in [2.24, 2.45) is 5.10 Å². The molecule has 0 bridgehead atoms. The molecule has 3 aromatic carbocycles. The van der Waals surface area contributed by atoms with Crippen molar-refractivity contribution < 1.29 is 9.53 Å². The number of fused-ring (bicyclic) bond motifs is 1. The van der Waals surface area contributed by atoms with E-state index < -0.39 is 0 Å². The lowest BCUT2D eigenvalue weighted by Crippen LogP contribution is -2.18. The second-order valence-corrected chi connectivity index (χ2v) is 7.31. The normalized spacial score (nSPS) is 11.1. The molecule has 1 aromatic heterocycles. The van der Waals surface area contributed by atoms with Crippen LogP contribution < -0.4 is 15.1 Å². The zero-order chi connectivity index (χ0) is 21.8. The van der Waals surface area contributed by atoms with Gasteiger partial charge in [-0.05, 0) is 59.3 Å². The number of carbonyl (C=O) groups excluding carboxylic acids is 1. The Morgan fingerprint density at radius 2 is 1.71 bits per heavy atom. The number of hydrogen-bond acceptors (Lipinski definition) is 4. The van der Waals surface area contributed by atoms with Gasteiger partial charge in [-0.1, -0.05) is 24.3 Å². The first kappa shape index (κ1) is 20.2.